The Morgan fingerprint density at radius 3 is 3.06 bits per heavy atom. The Kier molecular flexibility index (Phi) is 1.58. The van der Waals surface area contributed by atoms with Crippen molar-refractivity contribution >= 4 is 38.4 Å². The van der Waals surface area contributed by atoms with Crippen LogP contribution in [0.4, 0.5) is 0 Å². The summed E-state index contributed by atoms with van der Waals surface area (Å²) in [5, 5.41) is 3.31. The average molecular weight is 241 g/mol. The average Bonchev–Trinajstić information content (AvgIpc) is 2.86. The van der Waals surface area contributed by atoms with Crippen molar-refractivity contribution in [3.05, 3.63) is 34.8 Å². The summed E-state index contributed by atoms with van der Waals surface area (Å²) in [5.74, 6) is 0. The molecule has 1 N–H and O–H groups in total. The second-order valence-corrected chi connectivity index (χ2v) is 5.37. The third kappa shape index (κ3) is 1.08. The second kappa shape index (κ2) is 2.90. The first-order valence-corrected chi connectivity index (χ1v) is 6.46. The van der Waals surface area contributed by atoms with Crippen molar-refractivity contribution in [3.8, 4) is 0 Å². The third-order valence-electron chi connectivity index (χ3n) is 3.23. The van der Waals surface area contributed by atoms with E-state index in [9.17, 15) is 0 Å². The van der Waals surface area contributed by atoms with Crippen LogP contribution in [0.25, 0.3) is 27.0 Å². The van der Waals surface area contributed by atoms with E-state index in [0.717, 1.165) is 16.1 Å². The van der Waals surface area contributed by atoms with E-state index in [4.69, 9.17) is 4.98 Å². The van der Waals surface area contributed by atoms with Crippen LogP contribution in [0.5, 0.6) is 0 Å². The Morgan fingerprint density at radius 2 is 2.18 bits per heavy atom. The monoisotopic (exact) mass is 241 g/mol. The molecule has 0 atom stereocenters. The highest BCUT2D eigenvalue weighted by atomic mass is 32.1. The molecule has 3 nitrogen and oxygen atoms in total. The van der Waals surface area contributed by atoms with Gasteiger partial charge in [0.25, 0.3) is 0 Å². The molecule has 0 saturated heterocycles. The van der Waals surface area contributed by atoms with E-state index in [1.54, 1.807) is 11.3 Å². The fourth-order valence-corrected chi connectivity index (χ4v) is 3.30. The highest BCUT2D eigenvalue weighted by molar-refractivity contribution is 7.15. The number of benzene rings is 1. The number of imidazole rings is 1. The molecule has 0 aliphatic rings. The molecule has 0 fully saturated rings. The maximum atomic E-state index is 4.70. The van der Waals surface area contributed by atoms with Crippen molar-refractivity contribution in [3.63, 3.8) is 0 Å². The number of hydrogen-bond acceptors (Lipinski definition) is 2. The molecule has 3 heterocycles. The number of nitrogens with one attached hydrogen (secondary N) is 1. The first-order valence-electron chi connectivity index (χ1n) is 5.58. The van der Waals surface area contributed by atoms with E-state index in [1.165, 1.54) is 22.0 Å². The van der Waals surface area contributed by atoms with Gasteiger partial charge in [-0.15, -0.1) is 11.3 Å². The molecule has 0 amide bonds. The minimum absolute atomic E-state index is 1.05. The lowest BCUT2D eigenvalue weighted by molar-refractivity contribution is 1.24. The molecule has 0 spiro atoms. The van der Waals surface area contributed by atoms with Crippen LogP contribution in [-0.4, -0.2) is 14.4 Å². The summed E-state index contributed by atoms with van der Waals surface area (Å²) in [4.78, 5) is 9.23. The third-order valence-corrected chi connectivity index (χ3v) is 3.99. The van der Waals surface area contributed by atoms with E-state index in [-0.39, 0.29) is 0 Å². The van der Waals surface area contributed by atoms with Crippen molar-refractivity contribution in [2.45, 2.75) is 13.8 Å². The Hall–Kier alpha value is -1.81. The molecule has 0 radical (unpaired) electrons. The van der Waals surface area contributed by atoms with Gasteiger partial charge in [-0.2, -0.15) is 0 Å². The SMILES string of the molecule is Cc1cc(C)c2c(c1)[nH]c1c2nc2sccn21. The molecule has 1 aromatic carbocycles. The van der Waals surface area contributed by atoms with Gasteiger partial charge >= 0.3 is 0 Å². The Labute approximate surface area is 102 Å². The number of aryl methyl sites for hydroxylation is 2. The number of nitrogens with zero attached hydrogens (tertiary/aromatic N) is 2. The highest BCUT2D eigenvalue weighted by Gasteiger charge is 2.13. The molecule has 84 valence electrons. The summed E-state index contributed by atoms with van der Waals surface area (Å²) in [6.07, 6.45) is 2.06. The van der Waals surface area contributed by atoms with Gasteiger partial charge in [0.1, 0.15) is 11.2 Å². The highest BCUT2D eigenvalue weighted by Crippen LogP contribution is 2.30. The molecule has 0 unspecified atom stereocenters. The van der Waals surface area contributed by atoms with Crippen molar-refractivity contribution in [1.29, 1.82) is 0 Å². The van der Waals surface area contributed by atoms with Crippen molar-refractivity contribution in [2.24, 2.45) is 0 Å². The molecule has 4 heteroatoms. The van der Waals surface area contributed by atoms with Gasteiger partial charge in [-0.25, -0.2) is 4.98 Å². The van der Waals surface area contributed by atoms with Crippen LogP contribution in [0.3, 0.4) is 0 Å². The Morgan fingerprint density at radius 1 is 1.29 bits per heavy atom. The summed E-state index contributed by atoms with van der Waals surface area (Å²) in [5.41, 5.74) is 5.94. The van der Waals surface area contributed by atoms with Crippen molar-refractivity contribution < 1.29 is 0 Å². The number of thiazole rings is 1. The summed E-state index contributed by atoms with van der Waals surface area (Å²) >= 11 is 1.67. The quantitative estimate of drug-likeness (QED) is 0.501. The fraction of sp³-hybridized carbons (Fsp3) is 0.154. The number of hydrogen-bond donors (Lipinski definition) is 1. The van der Waals surface area contributed by atoms with Crippen molar-refractivity contribution in [1.82, 2.24) is 14.4 Å². The van der Waals surface area contributed by atoms with Gasteiger partial charge in [-0.3, -0.25) is 4.40 Å². The maximum Gasteiger partial charge on any atom is 0.195 e. The summed E-state index contributed by atoms with van der Waals surface area (Å²) in [6, 6.07) is 4.39. The van der Waals surface area contributed by atoms with Crippen LogP contribution in [0, 0.1) is 13.8 Å². The van der Waals surface area contributed by atoms with E-state index < -0.39 is 0 Å². The van der Waals surface area contributed by atoms with E-state index in [2.05, 4.69) is 46.9 Å². The number of aromatic nitrogens is 3. The van der Waals surface area contributed by atoms with E-state index in [1.807, 2.05) is 0 Å². The minimum Gasteiger partial charge on any atom is -0.339 e. The normalized spacial score (nSPS) is 12.1. The standard InChI is InChI=1S/C13H11N3S/c1-7-5-8(2)10-9(6-7)14-12-11(10)15-13-16(12)3-4-17-13/h3-6,14H,1-2H3. The zero-order chi connectivity index (χ0) is 11.6. The summed E-state index contributed by atoms with van der Waals surface area (Å²) in [6.45, 7) is 4.27. The van der Waals surface area contributed by atoms with Crippen LogP contribution in [0.15, 0.2) is 23.7 Å². The van der Waals surface area contributed by atoms with Crippen LogP contribution in [0.1, 0.15) is 11.1 Å². The zero-order valence-corrected chi connectivity index (χ0v) is 10.4. The van der Waals surface area contributed by atoms with Gasteiger partial charge in [0.05, 0.1) is 0 Å². The minimum atomic E-state index is 1.05. The molecular weight excluding hydrogens is 230 g/mol. The maximum absolute atomic E-state index is 4.70. The molecule has 0 aliphatic carbocycles. The van der Waals surface area contributed by atoms with Gasteiger partial charge in [0.15, 0.2) is 4.96 Å². The van der Waals surface area contributed by atoms with E-state index >= 15 is 0 Å². The van der Waals surface area contributed by atoms with Gasteiger partial charge in [-0.05, 0) is 31.0 Å². The van der Waals surface area contributed by atoms with Gasteiger partial charge in [-0.1, -0.05) is 6.07 Å². The number of aromatic amines is 1. The smallest absolute Gasteiger partial charge is 0.195 e. The number of rotatable bonds is 0. The first kappa shape index (κ1) is 9.24. The first-order chi connectivity index (χ1) is 8.24. The Balaban J connectivity index is 2.33. The van der Waals surface area contributed by atoms with Crippen LogP contribution < -0.4 is 0 Å². The molecule has 0 bridgehead atoms. The lowest BCUT2D eigenvalue weighted by Gasteiger charge is -1.98. The summed E-state index contributed by atoms with van der Waals surface area (Å²) in [7, 11) is 0. The fourth-order valence-electron chi connectivity index (χ4n) is 2.59. The van der Waals surface area contributed by atoms with Crippen molar-refractivity contribution in [2.75, 3.05) is 0 Å². The van der Waals surface area contributed by atoms with Crippen LogP contribution >= 0.6 is 11.3 Å². The van der Waals surface area contributed by atoms with E-state index in [0.29, 0.717) is 0 Å². The van der Waals surface area contributed by atoms with Crippen LogP contribution in [0.2, 0.25) is 0 Å². The Bertz CT molecular complexity index is 863. The topological polar surface area (TPSA) is 33.1 Å². The lowest BCUT2D eigenvalue weighted by atomic mass is 10.1. The second-order valence-electron chi connectivity index (χ2n) is 4.49. The lowest BCUT2D eigenvalue weighted by Crippen LogP contribution is -1.80. The predicted octanol–water partition coefficient (Wildman–Crippen LogP) is 3.65. The molecule has 4 aromatic rings. The molecule has 0 aliphatic heterocycles. The molecule has 0 saturated carbocycles. The number of fused-ring (bicyclic) bond motifs is 5. The van der Waals surface area contributed by atoms with Crippen LogP contribution in [-0.2, 0) is 0 Å². The van der Waals surface area contributed by atoms with Gasteiger partial charge < -0.3 is 4.98 Å². The zero-order valence-electron chi connectivity index (χ0n) is 9.61. The predicted molar refractivity (Wildman–Crippen MR) is 71.9 cm³/mol. The molecule has 3 aromatic heterocycles. The molecule has 17 heavy (non-hydrogen) atoms. The number of H-pyrrole nitrogens is 1. The largest absolute Gasteiger partial charge is 0.339 e. The summed E-state index contributed by atoms with van der Waals surface area (Å²) < 4.78 is 2.12. The molecule has 4 rings (SSSR count). The van der Waals surface area contributed by atoms with Gasteiger partial charge in [0.2, 0.25) is 0 Å². The molecular formula is C13H11N3S. The van der Waals surface area contributed by atoms with Gasteiger partial charge in [0, 0.05) is 22.5 Å².